The standard InChI is InChI=1S/C26H35N5O2/c1-19-6-7-22(23(14-19)29-10-4-5-11-29)16-28-17-26(18-28)8-12-30(13-9-26)25(33)31-15-20(2)24(27-31)21(3)32/h6-7,14-15H,4-5,8-13,16-18H2,1-3H3. The van der Waals surface area contributed by atoms with Crippen LogP contribution in [0.3, 0.4) is 0 Å². The van der Waals surface area contributed by atoms with E-state index in [-0.39, 0.29) is 11.8 Å². The van der Waals surface area contributed by atoms with Crippen LogP contribution in [0.5, 0.6) is 0 Å². The average Bonchev–Trinajstić information content (AvgIpc) is 3.44. The highest BCUT2D eigenvalue weighted by Crippen LogP contribution is 2.42. The summed E-state index contributed by atoms with van der Waals surface area (Å²) in [7, 11) is 0. The van der Waals surface area contributed by atoms with Gasteiger partial charge in [-0.05, 0) is 67.7 Å². The van der Waals surface area contributed by atoms with Crippen molar-refractivity contribution in [3.8, 4) is 0 Å². The zero-order valence-electron chi connectivity index (χ0n) is 20.1. The smallest absolute Gasteiger partial charge is 0.344 e. The summed E-state index contributed by atoms with van der Waals surface area (Å²) in [5.41, 5.74) is 5.67. The number of amides is 1. The lowest BCUT2D eigenvalue weighted by Crippen LogP contribution is -2.60. The summed E-state index contributed by atoms with van der Waals surface area (Å²) in [6, 6.07) is 6.79. The van der Waals surface area contributed by atoms with Crippen LogP contribution in [0.4, 0.5) is 10.5 Å². The van der Waals surface area contributed by atoms with Gasteiger partial charge in [0.25, 0.3) is 0 Å². The van der Waals surface area contributed by atoms with Gasteiger partial charge in [-0.2, -0.15) is 9.78 Å². The fraction of sp³-hybridized carbons (Fsp3) is 0.577. The largest absolute Gasteiger partial charge is 0.371 e. The topological polar surface area (TPSA) is 61.7 Å². The van der Waals surface area contributed by atoms with Gasteiger partial charge in [-0.15, -0.1) is 0 Å². The second kappa shape index (κ2) is 8.60. The first kappa shape index (κ1) is 22.1. The van der Waals surface area contributed by atoms with E-state index >= 15 is 0 Å². The van der Waals surface area contributed by atoms with Crippen LogP contribution in [0.25, 0.3) is 0 Å². The molecule has 4 heterocycles. The number of likely N-dealkylation sites (tertiary alicyclic amines) is 2. The van der Waals surface area contributed by atoms with Gasteiger partial charge in [-0.25, -0.2) is 4.79 Å². The number of aryl methyl sites for hydroxylation is 2. The maximum atomic E-state index is 12.9. The maximum Gasteiger partial charge on any atom is 0.344 e. The number of carbonyl (C=O) groups is 2. The van der Waals surface area contributed by atoms with Gasteiger partial charge in [-0.1, -0.05) is 12.1 Å². The third kappa shape index (κ3) is 4.31. The summed E-state index contributed by atoms with van der Waals surface area (Å²) in [6.07, 6.45) is 6.32. The summed E-state index contributed by atoms with van der Waals surface area (Å²) in [6.45, 7) is 12.6. The van der Waals surface area contributed by atoms with Crippen LogP contribution < -0.4 is 4.90 Å². The highest BCUT2D eigenvalue weighted by atomic mass is 16.2. The van der Waals surface area contributed by atoms with Crippen molar-refractivity contribution in [1.29, 1.82) is 0 Å². The number of piperidine rings is 1. The molecule has 176 valence electrons. The number of carbonyl (C=O) groups excluding carboxylic acids is 2. The zero-order valence-corrected chi connectivity index (χ0v) is 20.1. The highest BCUT2D eigenvalue weighted by Gasteiger charge is 2.45. The predicted molar refractivity (Wildman–Crippen MR) is 129 cm³/mol. The molecule has 7 heteroatoms. The Morgan fingerprint density at radius 3 is 2.36 bits per heavy atom. The molecule has 1 aromatic carbocycles. The van der Waals surface area contributed by atoms with E-state index in [1.807, 2.05) is 11.8 Å². The Bertz CT molecular complexity index is 1050. The third-order valence-electron chi connectivity index (χ3n) is 7.72. The Morgan fingerprint density at radius 2 is 1.73 bits per heavy atom. The van der Waals surface area contributed by atoms with Gasteiger partial charge in [0.15, 0.2) is 5.78 Å². The van der Waals surface area contributed by atoms with Gasteiger partial charge in [0.05, 0.1) is 0 Å². The number of rotatable bonds is 4. The van der Waals surface area contributed by atoms with Crippen LogP contribution in [0.15, 0.2) is 24.4 Å². The summed E-state index contributed by atoms with van der Waals surface area (Å²) in [4.78, 5) is 31.6. The molecule has 0 bridgehead atoms. The fourth-order valence-corrected chi connectivity index (χ4v) is 5.85. The molecule has 0 atom stereocenters. The number of ketones is 1. The lowest BCUT2D eigenvalue weighted by molar-refractivity contribution is -0.0442. The normalized spacial score (nSPS) is 20.3. The molecule has 0 radical (unpaired) electrons. The van der Waals surface area contributed by atoms with Gasteiger partial charge < -0.3 is 9.80 Å². The van der Waals surface area contributed by atoms with Crippen LogP contribution in [-0.2, 0) is 6.54 Å². The molecule has 0 N–H and O–H groups in total. The SMILES string of the molecule is CC(=O)c1nn(C(=O)N2CCC3(CC2)CN(Cc2ccc(C)cc2N2CCCC2)C3)cc1C. The Balaban J connectivity index is 1.17. The van der Waals surface area contributed by atoms with Crippen molar-refractivity contribution in [2.45, 2.75) is 53.0 Å². The van der Waals surface area contributed by atoms with E-state index in [4.69, 9.17) is 0 Å². The lowest BCUT2D eigenvalue weighted by Gasteiger charge is -2.54. The van der Waals surface area contributed by atoms with E-state index in [0.29, 0.717) is 11.1 Å². The van der Waals surface area contributed by atoms with Gasteiger partial charge in [0.1, 0.15) is 5.69 Å². The molecular weight excluding hydrogens is 414 g/mol. The number of aromatic nitrogens is 2. The first-order chi connectivity index (χ1) is 15.8. The first-order valence-electron chi connectivity index (χ1n) is 12.3. The average molecular weight is 450 g/mol. The maximum absolute atomic E-state index is 12.9. The molecule has 0 saturated carbocycles. The van der Waals surface area contributed by atoms with Gasteiger partial charge >= 0.3 is 6.03 Å². The summed E-state index contributed by atoms with van der Waals surface area (Å²) in [5.74, 6) is -0.104. The Hall–Kier alpha value is -2.67. The van der Waals surface area contributed by atoms with Gasteiger partial charge in [-0.3, -0.25) is 9.69 Å². The number of benzene rings is 1. The van der Waals surface area contributed by atoms with Crippen molar-refractivity contribution < 1.29 is 9.59 Å². The quantitative estimate of drug-likeness (QED) is 0.663. The van der Waals surface area contributed by atoms with Gasteiger partial charge in [0, 0.05) is 64.6 Å². The molecule has 33 heavy (non-hydrogen) atoms. The first-order valence-corrected chi connectivity index (χ1v) is 12.3. The molecule has 1 spiro atoms. The van der Waals surface area contributed by atoms with Crippen LogP contribution >= 0.6 is 0 Å². The summed E-state index contributed by atoms with van der Waals surface area (Å²) < 4.78 is 1.34. The second-order valence-electron chi connectivity index (χ2n) is 10.4. The van der Waals surface area contributed by atoms with Crippen LogP contribution in [0, 0.1) is 19.3 Å². The van der Waals surface area contributed by atoms with Crippen LogP contribution in [0.2, 0.25) is 0 Å². The van der Waals surface area contributed by atoms with Gasteiger partial charge in [0.2, 0.25) is 0 Å². The molecule has 5 rings (SSSR count). The number of nitrogens with zero attached hydrogens (tertiary/aromatic N) is 5. The molecular formula is C26H35N5O2. The van der Waals surface area contributed by atoms with Crippen LogP contribution in [0.1, 0.15) is 59.8 Å². The minimum atomic E-state index is -0.119. The van der Waals surface area contributed by atoms with Crippen molar-refractivity contribution in [3.05, 3.63) is 46.8 Å². The Labute approximate surface area is 196 Å². The van der Waals surface area contributed by atoms with E-state index in [0.717, 1.165) is 51.1 Å². The molecule has 3 fully saturated rings. The Morgan fingerprint density at radius 1 is 1.03 bits per heavy atom. The Kier molecular flexibility index (Phi) is 5.77. The summed E-state index contributed by atoms with van der Waals surface area (Å²) in [5, 5.41) is 4.22. The molecule has 3 saturated heterocycles. The number of hydrogen-bond donors (Lipinski definition) is 0. The molecule has 1 amide bonds. The van der Waals surface area contributed by atoms with E-state index in [1.165, 1.54) is 54.4 Å². The van der Waals surface area contributed by atoms with Crippen molar-refractivity contribution in [3.63, 3.8) is 0 Å². The minimum Gasteiger partial charge on any atom is -0.371 e. The number of anilines is 1. The molecule has 7 nitrogen and oxygen atoms in total. The third-order valence-corrected chi connectivity index (χ3v) is 7.72. The molecule has 0 unspecified atom stereocenters. The predicted octanol–water partition coefficient (Wildman–Crippen LogP) is 3.87. The van der Waals surface area contributed by atoms with Crippen molar-refractivity contribution in [1.82, 2.24) is 19.6 Å². The van der Waals surface area contributed by atoms with Crippen molar-refractivity contribution in [2.24, 2.45) is 5.41 Å². The molecule has 3 aliphatic heterocycles. The highest BCUT2D eigenvalue weighted by molar-refractivity contribution is 5.94. The molecule has 2 aromatic rings. The van der Waals surface area contributed by atoms with Crippen molar-refractivity contribution in [2.75, 3.05) is 44.2 Å². The zero-order chi connectivity index (χ0) is 23.2. The molecule has 3 aliphatic rings. The summed E-state index contributed by atoms with van der Waals surface area (Å²) >= 11 is 0. The lowest BCUT2D eigenvalue weighted by atomic mass is 9.72. The molecule has 0 aliphatic carbocycles. The van der Waals surface area contributed by atoms with E-state index in [2.05, 4.69) is 40.0 Å². The van der Waals surface area contributed by atoms with E-state index in [9.17, 15) is 9.59 Å². The fourth-order valence-electron chi connectivity index (χ4n) is 5.85. The van der Waals surface area contributed by atoms with E-state index in [1.54, 1.807) is 6.20 Å². The monoisotopic (exact) mass is 449 g/mol. The van der Waals surface area contributed by atoms with Crippen molar-refractivity contribution >= 4 is 17.5 Å². The second-order valence-corrected chi connectivity index (χ2v) is 10.4. The minimum absolute atomic E-state index is 0.104. The molecule has 1 aromatic heterocycles. The number of Topliss-reactive ketones (excluding diaryl/α,β-unsaturated/α-hetero) is 1. The number of hydrogen-bond acceptors (Lipinski definition) is 5. The van der Waals surface area contributed by atoms with E-state index < -0.39 is 0 Å². The van der Waals surface area contributed by atoms with Crippen LogP contribution in [-0.4, -0.2) is 70.7 Å².